The average Bonchev–Trinajstić information content (AvgIpc) is 3.04. The smallest absolute Gasteiger partial charge is 0.282 e. The number of imide groups is 1. The monoisotopic (exact) mass is 432 g/mol. The summed E-state index contributed by atoms with van der Waals surface area (Å²) in [6, 6.07) is 17.7. The van der Waals surface area contributed by atoms with Gasteiger partial charge in [-0.05, 0) is 48.9 Å². The number of rotatable bonds is 6. The third kappa shape index (κ3) is 3.80. The second-order valence-electron chi connectivity index (χ2n) is 7.23. The first-order chi connectivity index (χ1) is 15.4. The zero-order valence-electron chi connectivity index (χ0n) is 17.8. The van der Waals surface area contributed by atoms with Crippen LogP contribution in [-0.2, 0) is 9.59 Å². The summed E-state index contributed by atoms with van der Waals surface area (Å²) in [6.45, 7) is 1.94. The molecule has 2 amide bonds. The normalized spacial score (nSPS) is 13.6. The average molecular weight is 432 g/mol. The molecule has 0 aliphatic carbocycles. The highest BCUT2D eigenvalue weighted by Crippen LogP contribution is 2.39. The first-order valence-electron chi connectivity index (χ1n) is 9.87. The maximum atomic E-state index is 13.5. The summed E-state index contributed by atoms with van der Waals surface area (Å²) in [4.78, 5) is 28.1. The van der Waals surface area contributed by atoms with Gasteiger partial charge in [-0.2, -0.15) is 0 Å². The van der Waals surface area contributed by atoms with Gasteiger partial charge in [0, 0.05) is 11.8 Å². The van der Waals surface area contributed by atoms with Crippen LogP contribution in [0.4, 0.5) is 15.8 Å². The largest absolute Gasteiger partial charge is 0.497 e. The van der Waals surface area contributed by atoms with Crippen LogP contribution in [0.25, 0.3) is 5.57 Å². The Morgan fingerprint density at radius 1 is 0.844 bits per heavy atom. The molecule has 32 heavy (non-hydrogen) atoms. The number of carbonyl (C=O) groups excluding carboxylic acids is 2. The highest BCUT2D eigenvalue weighted by molar-refractivity contribution is 6.46. The van der Waals surface area contributed by atoms with Gasteiger partial charge in [-0.15, -0.1) is 0 Å². The highest BCUT2D eigenvalue weighted by atomic mass is 19.1. The van der Waals surface area contributed by atoms with Gasteiger partial charge in [0.25, 0.3) is 11.8 Å². The summed E-state index contributed by atoms with van der Waals surface area (Å²) in [6.07, 6.45) is 0. The zero-order valence-corrected chi connectivity index (χ0v) is 17.8. The van der Waals surface area contributed by atoms with Crippen molar-refractivity contribution in [1.82, 2.24) is 0 Å². The van der Waals surface area contributed by atoms with E-state index in [4.69, 9.17) is 9.47 Å². The van der Waals surface area contributed by atoms with Crippen molar-refractivity contribution >= 4 is 28.8 Å². The zero-order chi connectivity index (χ0) is 22.8. The lowest BCUT2D eigenvalue weighted by atomic mass is 10.0. The number of nitrogens with one attached hydrogen (secondary N) is 1. The second-order valence-corrected chi connectivity index (χ2v) is 7.23. The van der Waals surface area contributed by atoms with E-state index in [0.29, 0.717) is 28.4 Å². The molecule has 0 spiro atoms. The molecular weight excluding hydrogens is 411 g/mol. The van der Waals surface area contributed by atoms with E-state index >= 15 is 0 Å². The van der Waals surface area contributed by atoms with E-state index in [1.165, 1.54) is 38.5 Å². The first-order valence-corrected chi connectivity index (χ1v) is 9.87. The molecule has 3 aromatic rings. The Balaban J connectivity index is 1.83. The molecule has 0 aromatic heterocycles. The van der Waals surface area contributed by atoms with Crippen molar-refractivity contribution in [2.45, 2.75) is 6.92 Å². The molecule has 0 saturated heterocycles. The molecule has 1 heterocycles. The number of amides is 2. The van der Waals surface area contributed by atoms with E-state index < -0.39 is 17.6 Å². The molecule has 0 bridgehead atoms. The Kier molecular flexibility index (Phi) is 5.64. The van der Waals surface area contributed by atoms with Crippen molar-refractivity contribution in [1.29, 1.82) is 0 Å². The number of hydrogen-bond donors (Lipinski definition) is 1. The van der Waals surface area contributed by atoms with Crippen LogP contribution in [0, 0.1) is 12.7 Å². The fourth-order valence-corrected chi connectivity index (χ4v) is 3.50. The number of halogens is 1. The SMILES string of the molecule is COc1ccc(N2C(=O)C(Nc3ccc(F)cc3)=C(c3ccc(C)cc3)C2=O)c(OC)c1. The van der Waals surface area contributed by atoms with Gasteiger partial charge >= 0.3 is 0 Å². The summed E-state index contributed by atoms with van der Waals surface area (Å²) in [7, 11) is 2.97. The number of hydrogen-bond acceptors (Lipinski definition) is 5. The van der Waals surface area contributed by atoms with Crippen LogP contribution in [0.3, 0.4) is 0 Å². The summed E-state index contributed by atoms with van der Waals surface area (Å²) in [5.74, 6) is -0.592. The molecule has 3 aromatic carbocycles. The predicted octanol–water partition coefficient (Wildman–Crippen LogP) is 4.55. The number of benzene rings is 3. The van der Waals surface area contributed by atoms with Gasteiger partial charge in [0.2, 0.25) is 0 Å². The van der Waals surface area contributed by atoms with Crippen LogP contribution in [0.1, 0.15) is 11.1 Å². The summed E-state index contributed by atoms with van der Waals surface area (Å²) in [5, 5.41) is 3.01. The fourth-order valence-electron chi connectivity index (χ4n) is 3.50. The van der Waals surface area contributed by atoms with Crippen LogP contribution >= 0.6 is 0 Å². The highest BCUT2D eigenvalue weighted by Gasteiger charge is 2.41. The van der Waals surface area contributed by atoms with Crippen molar-refractivity contribution in [3.8, 4) is 11.5 Å². The van der Waals surface area contributed by atoms with Gasteiger partial charge in [-0.3, -0.25) is 9.59 Å². The van der Waals surface area contributed by atoms with Gasteiger partial charge in [0.05, 0.1) is 25.5 Å². The van der Waals surface area contributed by atoms with E-state index in [0.717, 1.165) is 10.5 Å². The van der Waals surface area contributed by atoms with Crippen molar-refractivity contribution in [3.63, 3.8) is 0 Å². The molecule has 162 valence electrons. The van der Waals surface area contributed by atoms with Crippen LogP contribution < -0.4 is 19.7 Å². The summed E-state index contributed by atoms with van der Waals surface area (Å²) >= 11 is 0. The lowest BCUT2D eigenvalue weighted by Crippen LogP contribution is -2.32. The van der Waals surface area contributed by atoms with E-state index in [9.17, 15) is 14.0 Å². The molecule has 1 N–H and O–H groups in total. The Bertz CT molecular complexity index is 1220. The summed E-state index contributed by atoms with van der Waals surface area (Å²) in [5.41, 5.74) is 2.71. The Morgan fingerprint density at radius 3 is 2.16 bits per heavy atom. The topological polar surface area (TPSA) is 67.9 Å². The summed E-state index contributed by atoms with van der Waals surface area (Å²) < 4.78 is 24.0. The number of aryl methyl sites for hydroxylation is 1. The second kappa shape index (κ2) is 8.55. The molecule has 0 unspecified atom stereocenters. The van der Waals surface area contributed by atoms with Crippen molar-refractivity contribution in [2.75, 3.05) is 24.4 Å². The molecule has 0 radical (unpaired) electrons. The van der Waals surface area contributed by atoms with Gasteiger partial charge in [-0.25, -0.2) is 9.29 Å². The standard InChI is InChI=1S/C25H21FN2O4/c1-15-4-6-16(7-5-15)22-23(27-18-10-8-17(26)9-11-18)25(30)28(24(22)29)20-13-12-19(31-2)14-21(20)32-3/h4-14,27H,1-3H3. The van der Waals surface area contributed by atoms with E-state index in [1.807, 2.05) is 19.1 Å². The van der Waals surface area contributed by atoms with Crippen LogP contribution in [0.15, 0.2) is 72.4 Å². The number of ether oxygens (including phenoxy) is 2. The fraction of sp³-hybridized carbons (Fsp3) is 0.120. The number of methoxy groups -OCH3 is 2. The van der Waals surface area contributed by atoms with E-state index in [2.05, 4.69) is 5.32 Å². The number of carbonyl (C=O) groups is 2. The van der Waals surface area contributed by atoms with Crippen molar-refractivity contribution < 1.29 is 23.5 Å². The molecule has 4 rings (SSSR count). The van der Waals surface area contributed by atoms with Gasteiger partial charge in [0.15, 0.2) is 0 Å². The van der Waals surface area contributed by atoms with E-state index in [-0.39, 0.29) is 11.3 Å². The first kappa shape index (κ1) is 21.1. The maximum Gasteiger partial charge on any atom is 0.282 e. The van der Waals surface area contributed by atoms with Gasteiger partial charge in [0.1, 0.15) is 23.0 Å². The van der Waals surface area contributed by atoms with Crippen molar-refractivity contribution in [3.05, 3.63) is 89.4 Å². The molecule has 6 nitrogen and oxygen atoms in total. The van der Waals surface area contributed by atoms with Crippen LogP contribution in [-0.4, -0.2) is 26.0 Å². The molecule has 1 aliphatic rings. The molecule has 0 fully saturated rings. The van der Waals surface area contributed by atoms with Crippen LogP contribution in [0.2, 0.25) is 0 Å². The Morgan fingerprint density at radius 2 is 1.53 bits per heavy atom. The predicted molar refractivity (Wildman–Crippen MR) is 120 cm³/mol. The minimum atomic E-state index is -0.543. The minimum Gasteiger partial charge on any atom is -0.497 e. The third-order valence-corrected chi connectivity index (χ3v) is 5.17. The maximum absolute atomic E-state index is 13.5. The molecule has 7 heteroatoms. The molecule has 0 saturated carbocycles. The van der Waals surface area contributed by atoms with Gasteiger partial charge in [-0.1, -0.05) is 29.8 Å². The lowest BCUT2D eigenvalue weighted by Gasteiger charge is -2.19. The third-order valence-electron chi connectivity index (χ3n) is 5.17. The Labute approximate surface area is 184 Å². The molecular formula is C25H21FN2O4. The molecule has 0 atom stereocenters. The van der Waals surface area contributed by atoms with Crippen molar-refractivity contribution in [2.24, 2.45) is 0 Å². The van der Waals surface area contributed by atoms with E-state index in [1.54, 1.807) is 30.3 Å². The van der Waals surface area contributed by atoms with Gasteiger partial charge < -0.3 is 14.8 Å². The lowest BCUT2D eigenvalue weighted by molar-refractivity contribution is -0.120. The molecule has 1 aliphatic heterocycles. The number of anilines is 2. The van der Waals surface area contributed by atoms with Crippen LogP contribution in [0.5, 0.6) is 11.5 Å². The Hall–Kier alpha value is -4.13. The number of nitrogens with zero attached hydrogens (tertiary/aromatic N) is 1. The quantitative estimate of drug-likeness (QED) is 0.579. The minimum absolute atomic E-state index is 0.100.